The number of nitrogens with one attached hydrogen (secondary N) is 1. The second-order valence-electron chi connectivity index (χ2n) is 5.25. The first-order chi connectivity index (χ1) is 8.83. The summed E-state index contributed by atoms with van der Waals surface area (Å²) in [6, 6.07) is 0. The molecule has 0 spiro atoms. The van der Waals surface area contributed by atoms with Crippen LogP contribution in [0, 0.1) is 5.92 Å². The van der Waals surface area contributed by atoms with Gasteiger partial charge in [0.2, 0.25) is 0 Å². The third kappa shape index (κ3) is 3.89. The van der Waals surface area contributed by atoms with E-state index in [0.717, 1.165) is 30.8 Å². The third-order valence-electron chi connectivity index (χ3n) is 4.01. The highest BCUT2D eigenvalue weighted by Gasteiger charge is 2.26. The van der Waals surface area contributed by atoms with Gasteiger partial charge in [-0.3, -0.25) is 4.99 Å². The molecule has 4 heteroatoms. The van der Waals surface area contributed by atoms with Gasteiger partial charge in [0.15, 0.2) is 5.17 Å². The van der Waals surface area contributed by atoms with Crippen molar-refractivity contribution in [3.8, 4) is 0 Å². The zero-order valence-electron chi connectivity index (χ0n) is 11.7. The van der Waals surface area contributed by atoms with E-state index in [9.17, 15) is 0 Å². The summed E-state index contributed by atoms with van der Waals surface area (Å²) in [5.41, 5.74) is 0. The molecule has 2 unspecified atom stereocenters. The summed E-state index contributed by atoms with van der Waals surface area (Å²) in [7, 11) is 0. The topological polar surface area (TPSA) is 33.6 Å². The Morgan fingerprint density at radius 1 is 1.39 bits per heavy atom. The summed E-state index contributed by atoms with van der Waals surface area (Å²) < 4.78 is 5.73. The van der Waals surface area contributed by atoms with E-state index in [2.05, 4.69) is 24.2 Å². The van der Waals surface area contributed by atoms with Crippen LogP contribution in [0.3, 0.4) is 0 Å². The highest BCUT2D eigenvalue weighted by Crippen LogP contribution is 2.30. The zero-order valence-corrected chi connectivity index (χ0v) is 12.5. The average Bonchev–Trinajstić information content (AvgIpc) is 2.88. The maximum atomic E-state index is 5.73. The van der Waals surface area contributed by atoms with Gasteiger partial charge in [0.05, 0.1) is 12.6 Å². The maximum Gasteiger partial charge on any atom is 0.157 e. The molecule has 0 amide bonds. The van der Waals surface area contributed by atoms with Gasteiger partial charge in [0, 0.05) is 18.4 Å². The molecule has 1 N–H and O–H groups in total. The lowest BCUT2D eigenvalue weighted by Crippen LogP contribution is -2.34. The number of aliphatic imine (C=N–C) groups is 1. The summed E-state index contributed by atoms with van der Waals surface area (Å²) in [6.07, 6.45) is 6.66. The molecule has 2 heterocycles. The summed E-state index contributed by atoms with van der Waals surface area (Å²) in [6.45, 7) is 7.43. The molecular formula is C14H26N2OS. The van der Waals surface area contributed by atoms with E-state index in [1.54, 1.807) is 0 Å². The van der Waals surface area contributed by atoms with Crippen LogP contribution >= 0.6 is 11.8 Å². The van der Waals surface area contributed by atoms with Gasteiger partial charge in [-0.2, -0.15) is 0 Å². The molecule has 104 valence electrons. The number of thioether (sulfide) groups is 1. The normalized spacial score (nSPS) is 28.5. The van der Waals surface area contributed by atoms with Crippen LogP contribution in [0.5, 0.6) is 0 Å². The number of ether oxygens (including phenoxy) is 1. The van der Waals surface area contributed by atoms with Crippen LogP contribution in [0.15, 0.2) is 4.99 Å². The van der Waals surface area contributed by atoms with Crippen LogP contribution in [0.1, 0.15) is 46.0 Å². The van der Waals surface area contributed by atoms with E-state index in [-0.39, 0.29) is 0 Å². The molecule has 2 rings (SSSR count). The summed E-state index contributed by atoms with van der Waals surface area (Å²) in [4.78, 5) is 4.63. The molecule has 0 aliphatic carbocycles. The Bertz CT molecular complexity index is 273. The minimum Gasteiger partial charge on any atom is -0.376 e. The van der Waals surface area contributed by atoms with Crippen molar-refractivity contribution in [2.75, 3.05) is 19.7 Å². The fourth-order valence-corrected chi connectivity index (χ4v) is 4.05. The molecule has 1 saturated heterocycles. The van der Waals surface area contributed by atoms with Crippen molar-refractivity contribution in [2.24, 2.45) is 10.9 Å². The number of amidine groups is 1. The highest BCUT2D eigenvalue weighted by molar-refractivity contribution is 8.14. The predicted molar refractivity (Wildman–Crippen MR) is 79.3 cm³/mol. The molecule has 3 nitrogen and oxygen atoms in total. The molecule has 2 aliphatic heterocycles. The Morgan fingerprint density at radius 2 is 2.22 bits per heavy atom. The smallest absolute Gasteiger partial charge is 0.157 e. The zero-order chi connectivity index (χ0) is 12.8. The molecule has 0 bridgehead atoms. The Balaban J connectivity index is 1.68. The first kappa shape index (κ1) is 14.2. The third-order valence-corrected chi connectivity index (χ3v) is 5.34. The number of rotatable bonds is 5. The lowest BCUT2D eigenvalue weighted by Gasteiger charge is -2.23. The lowest BCUT2D eigenvalue weighted by molar-refractivity contribution is 0.0197. The van der Waals surface area contributed by atoms with Crippen molar-refractivity contribution >= 4 is 16.9 Å². The van der Waals surface area contributed by atoms with Gasteiger partial charge in [-0.25, -0.2) is 0 Å². The maximum absolute atomic E-state index is 5.73. The van der Waals surface area contributed by atoms with Gasteiger partial charge in [-0.05, 0) is 25.2 Å². The largest absolute Gasteiger partial charge is 0.376 e. The van der Waals surface area contributed by atoms with Crippen LogP contribution in [-0.2, 0) is 4.74 Å². The van der Waals surface area contributed by atoms with Gasteiger partial charge >= 0.3 is 0 Å². The molecular weight excluding hydrogens is 244 g/mol. The number of nitrogens with zero attached hydrogens (tertiary/aromatic N) is 1. The van der Waals surface area contributed by atoms with Crippen LogP contribution in [0.25, 0.3) is 0 Å². The average molecular weight is 270 g/mol. The molecule has 0 aromatic rings. The van der Waals surface area contributed by atoms with E-state index < -0.39 is 0 Å². The summed E-state index contributed by atoms with van der Waals surface area (Å²) in [5, 5.41) is 5.30. The Hall–Kier alpha value is -0.220. The van der Waals surface area contributed by atoms with Crippen molar-refractivity contribution < 1.29 is 4.74 Å². The molecule has 0 aromatic heterocycles. The molecule has 2 aliphatic rings. The first-order valence-corrected chi connectivity index (χ1v) is 8.28. The van der Waals surface area contributed by atoms with E-state index in [1.807, 2.05) is 11.8 Å². The molecule has 0 radical (unpaired) electrons. The molecule has 0 aromatic carbocycles. The summed E-state index contributed by atoms with van der Waals surface area (Å²) >= 11 is 1.94. The van der Waals surface area contributed by atoms with Crippen molar-refractivity contribution in [1.82, 2.24) is 5.32 Å². The number of hydrogen-bond acceptors (Lipinski definition) is 4. The second kappa shape index (κ2) is 7.39. The van der Waals surface area contributed by atoms with Gasteiger partial charge < -0.3 is 10.1 Å². The Morgan fingerprint density at radius 3 is 2.89 bits per heavy atom. The van der Waals surface area contributed by atoms with Crippen LogP contribution in [-0.4, -0.2) is 36.2 Å². The van der Waals surface area contributed by atoms with E-state index in [1.165, 1.54) is 32.1 Å². The molecule has 0 saturated carbocycles. The van der Waals surface area contributed by atoms with Gasteiger partial charge in [-0.15, -0.1) is 0 Å². The van der Waals surface area contributed by atoms with Crippen molar-refractivity contribution in [3.63, 3.8) is 0 Å². The fraction of sp³-hybridized carbons (Fsp3) is 0.929. The molecule has 2 atom stereocenters. The van der Waals surface area contributed by atoms with Crippen LogP contribution in [0.4, 0.5) is 0 Å². The second-order valence-corrected chi connectivity index (χ2v) is 6.48. The Labute approximate surface area is 115 Å². The Kier molecular flexibility index (Phi) is 5.83. The molecule has 1 fully saturated rings. The molecule has 18 heavy (non-hydrogen) atoms. The summed E-state index contributed by atoms with van der Waals surface area (Å²) in [5.74, 6) is 0.809. The van der Waals surface area contributed by atoms with E-state index >= 15 is 0 Å². The van der Waals surface area contributed by atoms with Crippen molar-refractivity contribution in [2.45, 2.75) is 57.3 Å². The standard InChI is InChI=1S/C14H26N2OS/c1-3-11(4-2)13-10-16-14(18-13)15-9-12-7-5-6-8-17-12/h11-13H,3-10H2,1-2H3,(H,15,16). The minimum absolute atomic E-state index is 0.397. The number of hydrogen-bond donors (Lipinski definition) is 1. The van der Waals surface area contributed by atoms with Gasteiger partial charge in [0.25, 0.3) is 0 Å². The quantitative estimate of drug-likeness (QED) is 0.833. The minimum atomic E-state index is 0.397. The SMILES string of the molecule is CCC(CC)C1CN=C(NCC2CCCCO2)S1. The van der Waals surface area contributed by atoms with Crippen molar-refractivity contribution in [1.29, 1.82) is 0 Å². The van der Waals surface area contributed by atoms with Crippen LogP contribution in [0.2, 0.25) is 0 Å². The fourth-order valence-electron chi connectivity index (χ4n) is 2.72. The van der Waals surface area contributed by atoms with Gasteiger partial charge in [-0.1, -0.05) is 38.5 Å². The van der Waals surface area contributed by atoms with Gasteiger partial charge in [0.1, 0.15) is 0 Å². The predicted octanol–water partition coefficient (Wildman–Crippen LogP) is 3.05. The van der Waals surface area contributed by atoms with E-state index in [4.69, 9.17) is 4.74 Å². The van der Waals surface area contributed by atoms with Crippen LogP contribution < -0.4 is 5.32 Å². The lowest BCUT2D eigenvalue weighted by atomic mass is 9.99. The van der Waals surface area contributed by atoms with E-state index in [0.29, 0.717) is 11.4 Å². The highest BCUT2D eigenvalue weighted by atomic mass is 32.2. The van der Waals surface area contributed by atoms with Crippen molar-refractivity contribution in [3.05, 3.63) is 0 Å². The first-order valence-electron chi connectivity index (χ1n) is 7.40. The monoisotopic (exact) mass is 270 g/mol.